The third-order valence-corrected chi connectivity index (χ3v) is 5.11. The maximum Gasteiger partial charge on any atom is 0.128 e. The molecule has 1 aromatic rings. The van der Waals surface area contributed by atoms with Crippen LogP contribution in [0, 0.1) is 25.7 Å². The van der Waals surface area contributed by atoms with E-state index in [0.717, 1.165) is 41.5 Å². The van der Waals surface area contributed by atoms with Crippen molar-refractivity contribution in [3.05, 3.63) is 23.0 Å². The molecule has 0 spiro atoms. The molecule has 1 N–H and O–H groups in total. The second kappa shape index (κ2) is 8.00. The van der Waals surface area contributed by atoms with E-state index in [1.165, 1.54) is 25.7 Å². The molecule has 2 rings (SSSR count). The minimum atomic E-state index is 0.675. The summed E-state index contributed by atoms with van der Waals surface area (Å²) in [7, 11) is 1.72. The van der Waals surface area contributed by atoms with Crippen molar-refractivity contribution in [1.29, 1.82) is 0 Å². The van der Waals surface area contributed by atoms with Crippen LogP contribution in [0.4, 0.5) is 0 Å². The lowest BCUT2D eigenvalue weighted by atomic mass is 9.80. The maximum atomic E-state index is 6.10. The van der Waals surface area contributed by atoms with Crippen LogP contribution >= 0.6 is 11.6 Å². The van der Waals surface area contributed by atoms with Gasteiger partial charge >= 0.3 is 0 Å². The standard InChI is InChI=1S/C17H27ClN2O/c1-12-9-20-16(13(2)17(12)21-3)11-19-10-15-7-5-4-6-14(15)8-18/h9,14-15,19H,4-8,10-11H2,1-3H3. The van der Waals surface area contributed by atoms with Crippen molar-refractivity contribution in [2.75, 3.05) is 19.5 Å². The Labute approximate surface area is 133 Å². The zero-order chi connectivity index (χ0) is 15.2. The molecule has 1 aliphatic carbocycles. The predicted molar refractivity (Wildman–Crippen MR) is 88.1 cm³/mol. The highest BCUT2D eigenvalue weighted by Gasteiger charge is 2.23. The summed E-state index contributed by atoms with van der Waals surface area (Å²) in [6.07, 6.45) is 7.16. The van der Waals surface area contributed by atoms with Crippen LogP contribution in [0.3, 0.4) is 0 Å². The lowest BCUT2D eigenvalue weighted by Crippen LogP contribution is -2.31. The number of ether oxygens (including phenoxy) is 1. The number of rotatable bonds is 6. The monoisotopic (exact) mass is 310 g/mol. The van der Waals surface area contributed by atoms with Crippen molar-refractivity contribution >= 4 is 11.6 Å². The van der Waals surface area contributed by atoms with Gasteiger partial charge in [0.1, 0.15) is 5.75 Å². The molecule has 21 heavy (non-hydrogen) atoms. The van der Waals surface area contributed by atoms with Gasteiger partial charge in [0.15, 0.2) is 0 Å². The lowest BCUT2D eigenvalue weighted by Gasteiger charge is -2.30. The molecule has 0 saturated heterocycles. The first-order valence-electron chi connectivity index (χ1n) is 7.93. The number of hydrogen-bond donors (Lipinski definition) is 1. The molecule has 2 atom stereocenters. The topological polar surface area (TPSA) is 34.1 Å². The molecule has 1 saturated carbocycles. The van der Waals surface area contributed by atoms with Crippen LogP contribution in [-0.2, 0) is 6.54 Å². The van der Waals surface area contributed by atoms with E-state index in [-0.39, 0.29) is 0 Å². The van der Waals surface area contributed by atoms with Gasteiger partial charge in [-0.3, -0.25) is 4.98 Å². The summed E-state index contributed by atoms with van der Waals surface area (Å²) >= 11 is 6.10. The van der Waals surface area contributed by atoms with Crippen molar-refractivity contribution in [3.63, 3.8) is 0 Å². The maximum absolute atomic E-state index is 6.10. The van der Waals surface area contributed by atoms with Crippen molar-refractivity contribution in [1.82, 2.24) is 10.3 Å². The Morgan fingerprint density at radius 3 is 2.67 bits per heavy atom. The largest absolute Gasteiger partial charge is 0.496 e. The number of alkyl halides is 1. The number of nitrogens with one attached hydrogen (secondary N) is 1. The highest BCUT2D eigenvalue weighted by Crippen LogP contribution is 2.30. The molecule has 0 amide bonds. The summed E-state index contributed by atoms with van der Waals surface area (Å²) in [4.78, 5) is 4.54. The third-order valence-electron chi connectivity index (χ3n) is 4.71. The second-order valence-electron chi connectivity index (χ2n) is 6.14. The fraction of sp³-hybridized carbons (Fsp3) is 0.706. The highest BCUT2D eigenvalue weighted by atomic mass is 35.5. The SMILES string of the molecule is COc1c(C)cnc(CNCC2CCCCC2CCl)c1C. The van der Waals surface area contributed by atoms with Gasteiger partial charge in [-0.2, -0.15) is 0 Å². The van der Waals surface area contributed by atoms with E-state index in [1.807, 2.05) is 13.1 Å². The zero-order valence-corrected chi connectivity index (χ0v) is 14.2. The number of hydrogen-bond acceptors (Lipinski definition) is 3. The molecule has 1 fully saturated rings. The van der Waals surface area contributed by atoms with Gasteiger partial charge in [-0.25, -0.2) is 0 Å². The van der Waals surface area contributed by atoms with Crippen LogP contribution < -0.4 is 10.1 Å². The Bertz CT molecular complexity index is 464. The van der Waals surface area contributed by atoms with Crippen LogP contribution in [0.2, 0.25) is 0 Å². The first kappa shape index (κ1) is 16.6. The Morgan fingerprint density at radius 1 is 1.29 bits per heavy atom. The van der Waals surface area contributed by atoms with E-state index in [2.05, 4.69) is 17.2 Å². The predicted octanol–water partition coefficient (Wildman–Crippen LogP) is 3.84. The van der Waals surface area contributed by atoms with Crippen molar-refractivity contribution < 1.29 is 4.74 Å². The van der Waals surface area contributed by atoms with E-state index >= 15 is 0 Å². The summed E-state index contributed by atoms with van der Waals surface area (Å²) in [6, 6.07) is 0. The van der Waals surface area contributed by atoms with Crippen LogP contribution in [0.1, 0.15) is 42.5 Å². The molecular weight excluding hydrogens is 284 g/mol. The lowest BCUT2D eigenvalue weighted by molar-refractivity contribution is 0.250. The van der Waals surface area contributed by atoms with Gasteiger partial charge in [0.05, 0.1) is 12.8 Å². The van der Waals surface area contributed by atoms with Gasteiger partial charge < -0.3 is 10.1 Å². The fourth-order valence-electron chi connectivity index (χ4n) is 3.38. The minimum absolute atomic E-state index is 0.675. The molecule has 1 aliphatic rings. The molecular formula is C17H27ClN2O. The molecule has 118 valence electrons. The summed E-state index contributed by atoms with van der Waals surface area (Å²) in [5, 5.41) is 3.57. The summed E-state index contributed by atoms with van der Waals surface area (Å²) in [6.45, 7) is 5.95. The van der Waals surface area contributed by atoms with E-state index in [0.29, 0.717) is 11.8 Å². The number of pyridine rings is 1. The molecule has 0 aromatic carbocycles. The van der Waals surface area contributed by atoms with Crippen molar-refractivity contribution in [2.24, 2.45) is 11.8 Å². The fourth-order valence-corrected chi connectivity index (χ4v) is 3.79. The highest BCUT2D eigenvalue weighted by molar-refractivity contribution is 6.18. The van der Waals surface area contributed by atoms with Gasteiger partial charge in [0.2, 0.25) is 0 Å². The number of aryl methyl sites for hydroxylation is 1. The number of aromatic nitrogens is 1. The Hall–Kier alpha value is -0.800. The molecule has 0 radical (unpaired) electrons. The Balaban J connectivity index is 1.91. The van der Waals surface area contributed by atoms with Crippen molar-refractivity contribution in [3.8, 4) is 5.75 Å². The first-order chi connectivity index (χ1) is 10.2. The van der Waals surface area contributed by atoms with Crippen LogP contribution in [-0.4, -0.2) is 24.5 Å². The van der Waals surface area contributed by atoms with Crippen LogP contribution in [0.25, 0.3) is 0 Å². The molecule has 0 aliphatic heterocycles. The summed E-state index contributed by atoms with van der Waals surface area (Å²) in [5.41, 5.74) is 3.31. The van der Waals surface area contributed by atoms with E-state index in [9.17, 15) is 0 Å². The van der Waals surface area contributed by atoms with Gasteiger partial charge in [-0.05, 0) is 45.1 Å². The summed E-state index contributed by atoms with van der Waals surface area (Å²) < 4.78 is 5.46. The minimum Gasteiger partial charge on any atom is -0.496 e. The van der Waals surface area contributed by atoms with Crippen LogP contribution in [0.15, 0.2) is 6.20 Å². The quantitative estimate of drug-likeness (QED) is 0.811. The van der Waals surface area contributed by atoms with E-state index in [1.54, 1.807) is 7.11 Å². The molecule has 2 unspecified atom stereocenters. The molecule has 0 bridgehead atoms. The number of methoxy groups -OCH3 is 1. The zero-order valence-electron chi connectivity index (χ0n) is 13.4. The van der Waals surface area contributed by atoms with Crippen molar-refractivity contribution in [2.45, 2.75) is 46.1 Å². The number of halogens is 1. The van der Waals surface area contributed by atoms with Gasteiger partial charge in [-0.15, -0.1) is 11.6 Å². The second-order valence-corrected chi connectivity index (χ2v) is 6.44. The normalized spacial score (nSPS) is 22.3. The first-order valence-corrected chi connectivity index (χ1v) is 8.46. The van der Waals surface area contributed by atoms with Crippen LogP contribution in [0.5, 0.6) is 5.75 Å². The average Bonchev–Trinajstić information content (AvgIpc) is 2.50. The van der Waals surface area contributed by atoms with Gasteiger partial charge in [-0.1, -0.05) is 12.8 Å². The molecule has 1 aromatic heterocycles. The summed E-state index contributed by atoms with van der Waals surface area (Å²) in [5.74, 6) is 3.14. The molecule has 4 heteroatoms. The molecule has 3 nitrogen and oxygen atoms in total. The Kier molecular flexibility index (Phi) is 6.31. The van der Waals surface area contributed by atoms with E-state index < -0.39 is 0 Å². The molecule has 1 heterocycles. The average molecular weight is 311 g/mol. The Morgan fingerprint density at radius 2 is 2.00 bits per heavy atom. The third kappa shape index (κ3) is 4.10. The van der Waals surface area contributed by atoms with Gasteiger partial charge in [0, 0.05) is 29.7 Å². The van der Waals surface area contributed by atoms with Gasteiger partial charge in [0.25, 0.3) is 0 Å². The smallest absolute Gasteiger partial charge is 0.128 e. The number of nitrogens with zero attached hydrogens (tertiary/aromatic N) is 1. The van der Waals surface area contributed by atoms with E-state index in [4.69, 9.17) is 16.3 Å².